The topological polar surface area (TPSA) is 103 Å². The molecule has 0 bridgehead atoms. The van der Waals surface area contributed by atoms with E-state index in [2.05, 4.69) is 15.6 Å². The molecule has 3 rings (SSSR count). The van der Waals surface area contributed by atoms with E-state index >= 15 is 0 Å². The van der Waals surface area contributed by atoms with Gasteiger partial charge in [-0.3, -0.25) is 4.79 Å². The van der Waals surface area contributed by atoms with Crippen molar-refractivity contribution in [3.8, 4) is 5.75 Å². The van der Waals surface area contributed by atoms with Crippen molar-refractivity contribution in [3.63, 3.8) is 0 Å². The van der Waals surface area contributed by atoms with Crippen LogP contribution in [0.2, 0.25) is 0 Å². The molecule has 1 amide bonds. The van der Waals surface area contributed by atoms with Crippen LogP contribution >= 0.6 is 11.3 Å². The summed E-state index contributed by atoms with van der Waals surface area (Å²) in [6.07, 6.45) is 0. The van der Waals surface area contributed by atoms with Gasteiger partial charge in [0.05, 0.1) is 29.8 Å². The number of benzene rings is 2. The summed E-state index contributed by atoms with van der Waals surface area (Å²) in [7, 11) is 1.60. The molecule has 0 aliphatic rings. The highest BCUT2D eigenvalue weighted by Crippen LogP contribution is 2.28. The molecule has 25 heavy (non-hydrogen) atoms. The Kier molecular flexibility index (Phi) is 4.80. The number of anilines is 2. The number of aromatic nitrogens is 1. The van der Waals surface area contributed by atoms with Crippen LogP contribution in [0.15, 0.2) is 42.5 Å². The molecule has 0 unspecified atom stereocenters. The van der Waals surface area contributed by atoms with E-state index < -0.39 is 5.97 Å². The first kappa shape index (κ1) is 16.7. The van der Waals surface area contributed by atoms with Crippen molar-refractivity contribution in [1.29, 1.82) is 0 Å². The predicted octanol–water partition coefficient (Wildman–Crippen LogP) is 1.72. The van der Waals surface area contributed by atoms with Gasteiger partial charge in [0.25, 0.3) is 0 Å². The molecule has 1 heterocycles. The van der Waals surface area contributed by atoms with Gasteiger partial charge in [0.2, 0.25) is 5.91 Å². The average Bonchev–Trinajstić information content (AvgIpc) is 3.02. The zero-order valence-corrected chi connectivity index (χ0v) is 14.1. The number of carbonyl (C=O) groups excluding carboxylic acids is 2. The van der Waals surface area contributed by atoms with E-state index in [1.807, 2.05) is 18.2 Å². The SMILES string of the molecule is COc1ccc2nc(NCC(=O)Nc3ccc(C(=O)[O-])cc3)sc2c1. The van der Waals surface area contributed by atoms with Gasteiger partial charge >= 0.3 is 0 Å². The zero-order valence-electron chi connectivity index (χ0n) is 13.2. The number of methoxy groups -OCH3 is 1. The summed E-state index contributed by atoms with van der Waals surface area (Å²) in [5.74, 6) is -0.773. The van der Waals surface area contributed by atoms with Gasteiger partial charge < -0.3 is 25.3 Å². The summed E-state index contributed by atoms with van der Waals surface area (Å²) in [4.78, 5) is 27.1. The lowest BCUT2D eigenvalue weighted by Crippen LogP contribution is -2.23. The standard InChI is InChI=1S/C17H15N3O4S/c1-24-12-6-7-13-14(8-12)25-17(20-13)18-9-15(21)19-11-4-2-10(3-5-11)16(22)23/h2-8H,9H2,1H3,(H,18,20)(H,19,21)(H,22,23)/p-1. The van der Waals surface area contributed by atoms with Crippen molar-refractivity contribution in [2.24, 2.45) is 0 Å². The Labute approximate surface area is 147 Å². The highest BCUT2D eigenvalue weighted by atomic mass is 32.1. The van der Waals surface area contributed by atoms with Gasteiger partial charge in [0.1, 0.15) is 5.75 Å². The molecule has 2 aromatic carbocycles. The number of nitrogens with zero attached hydrogens (tertiary/aromatic N) is 1. The van der Waals surface area contributed by atoms with E-state index in [1.54, 1.807) is 7.11 Å². The fourth-order valence-corrected chi connectivity index (χ4v) is 3.05. The van der Waals surface area contributed by atoms with Crippen LogP contribution in [0, 0.1) is 0 Å². The summed E-state index contributed by atoms with van der Waals surface area (Å²) in [6, 6.07) is 11.3. The lowest BCUT2D eigenvalue weighted by Gasteiger charge is -2.07. The zero-order chi connectivity index (χ0) is 17.8. The Morgan fingerprint density at radius 3 is 2.64 bits per heavy atom. The minimum atomic E-state index is -1.26. The second kappa shape index (κ2) is 7.18. The third-order valence-corrected chi connectivity index (χ3v) is 4.38. The Morgan fingerprint density at radius 1 is 1.20 bits per heavy atom. The van der Waals surface area contributed by atoms with Crippen LogP contribution in [0.25, 0.3) is 10.2 Å². The first-order chi connectivity index (χ1) is 12.0. The van der Waals surface area contributed by atoms with Crippen LogP contribution in [0.1, 0.15) is 10.4 Å². The van der Waals surface area contributed by atoms with Gasteiger partial charge in [-0.05, 0) is 35.9 Å². The van der Waals surface area contributed by atoms with Gasteiger partial charge in [-0.15, -0.1) is 0 Å². The lowest BCUT2D eigenvalue weighted by atomic mass is 10.2. The molecular formula is C17H14N3O4S-. The van der Waals surface area contributed by atoms with E-state index in [0.29, 0.717) is 10.8 Å². The first-order valence-electron chi connectivity index (χ1n) is 7.35. The molecule has 7 nitrogen and oxygen atoms in total. The molecule has 0 fully saturated rings. The van der Waals surface area contributed by atoms with E-state index in [-0.39, 0.29) is 18.0 Å². The van der Waals surface area contributed by atoms with Gasteiger partial charge in [0.15, 0.2) is 5.13 Å². The molecule has 0 radical (unpaired) electrons. The molecule has 0 saturated heterocycles. The van der Waals surface area contributed by atoms with Crippen molar-refractivity contribution in [2.75, 3.05) is 24.3 Å². The van der Waals surface area contributed by atoms with Gasteiger partial charge in [-0.25, -0.2) is 4.98 Å². The Bertz CT molecular complexity index is 921. The Morgan fingerprint density at radius 2 is 1.96 bits per heavy atom. The predicted molar refractivity (Wildman–Crippen MR) is 94.1 cm³/mol. The second-order valence-corrected chi connectivity index (χ2v) is 6.15. The molecule has 2 N–H and O–H groups in total. The number of carboxylic acid groups (broad SMARTS) is 1. The Hall–Kier alpha value is -3.13. The van der Waals surface area contributed by atoms with E-state index in [1.165, 1.54) is 35.6 Å². The van der Waals surface area contributed by atoms with Gasteiger partial charge in [0, 0.05) is 5.69 Å². The van der Waals surface area contributed by atoms with Crippen molar-refractivity contribution in [2.45, 2.75) is 0 Å². The normalized spacial score (nSPS) is 10.4. The molecule has 0 spiro atoms. The first-order valence-corrected chi connectivity index (χ1v) is 8.16. The van der Waals surface area contributed by atoms with E-state index in [0.717, 1.165) is 16.0 Å². The molecule has 0 aliphatic carbocycles. The molecule has 3 aromatic rings. The third-order valence-electron chi connectivity index (χ3n) is 3.40. The Balaban J connectivity index is 1.59. The fourth-order valence-electron chi connectivity index (χ4n) is 2.16. The monoisotopic (exact) mass is 356 g/mol. The molecule has 128 valence electrons. The fraction of sp³-hybridized carbons (Fsp3) is 0.118. The maximum absolute atomic E-state index is 12.0. The smallest absolute Gasteiger partial charge is 0.243 e. The number of amides is 1. The van der Waals surface area contributed by atoms with Crippen molar-refractivity contribution in [1.82, 2.24) is 4.98 Å². The van der Waals surface area contributed by atoms with E-state index in [9.17, 15) is 14.7 Å². The van der Waals surface area contributed by atoms with Crippen molar-refractivity contribution < 1.29 is 19.4 Å². The summed E-state index contributed by atoms with van der Waals surface area (Å²) < 4.78 is 6.13. The van der Waals surface area contributed by atoms with E-state index in [4.69, 9.17) is 4.74 Å². The maximum Gasteiger partial charge on any atom is 0.243 e. The van der Waals surface area contributed by atoms with Gasteiger partial charge in [-0.2, -0.15) is 0 Å². The minimum Gasteiger partial charge on any atom is -0.545 e. The number of nitrogens with one attached hydrogen (secondary N) is 2. The van der Waals surface area contributed by atoms with Crippen LogP contribution in [-0.2, 0) is 4.79 Å². The van der Waals surface area contributed by atoms with Crippen LogP contribution in [0.5, 0.6) is 5.75 Å². The third kappa shape index (κ3) is 4.04. The minimum absolute atomic E-state index is 0.0409. The number of aromatic carboxylic acids is 1. The number of carbonyl (C=O) groups is 2. The number of ether oxygens (including phenoxy) is 1. The summed E-state index contributed by atoms with van der Waals surface area (Å²) in [5.41, 5.74) is 1.39. The molecule has 8 heteroatoms. The summed E-state index contributed by atoms with van der Waals surface area (Å²) in [5, 5.41) is 17.0. The molecule has 0 saturated carbocycles. The van der Waals surface area contributed by atoms with Crippen LogP contribution in [0.4, 0.5) is 10.8 Å². The van der Waals surface area contributed by atoms with Crippen molar-refractivity contribution >= 4 is 44.2 Å². The van der Waals surface area contributed by atoms with Crippen LogP contribution in [0.3, 0.4) is 0 Å². The highest BCUT2D eigenvalue weighted by molar-refractivity contribution is 7.22. The molecular weight excluding hydrogens is 342 g/mol. The molecule has 1 aromatic heterocycles. The number of hydrogen-bond donors (Lipinski definition) is 2. The summed E-state index contributed by atoms with van der Waals surface area (Å²) in [6.45, 7) is 0.0409. The quantitative estimate of drug-likeness (QED) is 0.697. The average molecular weight is 356 g/mol. The lowest BCUT2D eigenvalue weighted by molar-refractivity contribution is -0.255. The van der Waals surface area contributed by atoms with Crippen LogP contribution < -0.4 is 20.5 Å². The number of rotatable bonds is 6. The maximum atomic E-state index is 12.0. The van der Waals surface area contributed by atoms with Gasteiger partial charge in [-0.1, -0.05) is 23.5 Å². The number of fused-ring (bicyclic) bond motifs is 1. The van der Waals surface area contributed by atoms with Crippen molar-refractivity contribution in [3.05, 3.63) is 48.0 Å². The second-order valence-electron chi connectivity index (χ2n) is 5.12. The van der Waals surface area contributed by atoms with Crippen LogP contribution in [-0.4, -0.2) is 30.5 Å². The highest BCUT2D eigenvalue weighted by Gasteiger charge is 2.07. The number of hydrogen-bond acceptors (Lipinski definition) is 7. The largest absolute Gasteiger partial charge is 0.545 e. The number of carboxylic acids is 1. The molecule has 0 aliphatic heterocycles. The summed E-state index contributed by atoms with van der Waals surface area (Å²) >= 11 is 1.43. The number of thiazole rings is 1. The molecule has 0 atom stereocenters.